The first kappa shape index (κ1) is 15.5. The van der Waals surface area contributed by atoms with Crippen molar-refractivity contribution in [2.75, 3.05) is 4.90 Å². The number of carbonyl (C=O) groups excluding carboxylic acids is 2. The molecule has 0 aliphatic carbocycles. The molecule has 7 nitrogen and oxygen atoms in total. The van der Waals surface area contributed by atoms with Gasteiger partial charge < -0.3 is 4.52 Å². The van der Waals surface area contributed by atoms with Crippen molar-refractivity contribution >= 4 is 29.0 Å². The fraction of sp³-hybridized carbons (Fsp3) is 0.176. The summed E-state index contributed by atoms with van der Waals surface area (Å²) >= 11 is 1.49. The Bertz CT molecular complexity index is 907. The van der Waals surface area contributed by atoms with Gasteiger partial charge in [-0.15, -0.1) is 11.3 Å². The fourth-order valence-electron chi connectivity index (χ4n) is 2.75. The van der Waals surface area contributed by atoms with E-state index in [2.05, 4.69) is 10.1 Å². The summed E-state index contributed by atoms with van der Waals surface area (Å²) in [5.41, 5.74) is 0.681. The predicted molar refractivity (Wildman–Crippen MR) is 91.9 cm³/mol. The molecule has 0 bridgehead atoms. The average Bonchev–Trinajstić information content (AvgIpc) is 3.34. The number of para-hydroxylation sites is 1. The normalized spacial score (nSPS) is 17.6. The van der Waals surface area contributed by atoms with Gasteiger partial charge in [-0.05, 0) is 30.5 Å². The van der Waals surface area contributed by atoms with E-state index in [1.165, 1.54) is 16.2 Å². The minimum absolute atomic E-state index is 0.0380. The number of aromatic nitrogens is 2. The zero-order chi connectivity index (χ0) is 17.4. The maximum atomic E-state index is 12.7. The molecule has 126 valence electrons. The summed E-state index contributed by atoms with van der Waals surface area (Å²) < 4.78 is 5.20. The lowest BCUT2D eigenvalue weighted by Gasteiger charge is -2.18. The zero-order valence-corrected chi connectivity index (χ0v) is 14.1. The van der Waals surface area contributed by atoms with E-state index < -0.39 is 6.04 Å². The second-order valence-corrected chi connectivity index (χ2v) is 6.53. The first-order valence-corrected chi connectivity index (χ1v) is 8.59. The van der Waals surface area contributed by atoms with E-state index in [-0.39, 0.29) is 24.4 Å². The highest BCUT2D eigenvalue weighted by atomic mass is 32.1. The van der Waals surface area contributed by atoms with Crippen LogP contribution in [-0.4, -0.2) is 33.0 Å². The third kappa shape index (κ3) is 2.70. The van der Waals surface area contributed by atoms with Gasteiger partial charge in [-0.1, -0.05) is 29.4 Å². The van der Waals surface area contributed by atoms with Gasteiger partial charge in [0, 0.05) is 5.69 Å². The molecule has 1 saturated heterocycles. The Morgan fingerprint density at radius 1 is 1.16 bits per heavy atom. The molecule has 1 atom stereocenters. The maximum absolute atomic E-state index is 12.7. The molecule has 4 rings (SSSR count). The Hall–Kier alpha value is -3.00. The summed E-state index contributed by atoms with van der Waals surface area (Å²) in [6, 6.07) is 11.9. The molecule has 8 heteroatoms. The Morgan fingerprint density at radius 3 is 2.68 bits per heavy atom. The van der Waals surface area contributed by atoms with Crippen molar-refractivity contribution in [2.24, 2.45) is 0 Å². The van der Waals surface area contributed by atoms with Crippen molar-refractivity contribution in [3.8, 4) is 10.7 Å². The molecule has 2 aromatic heterocycles. The van der Waals surface area contributed by atoms with Gasteiger partial charge in [0.15, 0.2) is 0 Å². The van der Waals surface area contributed by atoms with E-state index in [0.29, 0.717) is 11.5 Å². The smallest absolute Gasteiger partial charge is 0.332 e. The topological polar surface area (TPSA) is 79.5 Å². The highest BCUT2D eigenvalue weighted by Crippen LogP contribution is 2.27. The number of amides is 3. The average molecular weight is 354 g/mol. The molecule has 1 fully saturated rings. The summed E-state index contributed by atoms with van der Waals surface area (Å²) in [6.45, 7) is 1.67. The van der Waals surface area contributed by atoms with Gasteiger partial charge >= 0.3 is 6.03 Å². The molecular weight excluding hydrogens is 340 g/mol. The monoisotopic (exact) mass is 354 g/mol. The quantitative estimate of drug-likeness (QED) is 0.673. The number of nitrogens with zero attached hydrogens (tertiary/aromatic N) is 4. The van der Waals surface area contributed by atoms with Crippen molar-refractivity contribution in [3.63, 3.8) is 0 Å². The number of hydrogen-bond acceptors (Lipinski definition) is 6. The van der Waals surface area contributed by atoms with Crippen LogP contribution in [0.4, 0.5) is 10.5 Å². The van der Waals surface area contributed by atoms with Crippen LogP contribution < -0.4 is 4.90 Å². The number of urea groups is 1. The second-order valence-electron chi connectivity index (χ2n) is 5.58. The molecule has 3 heterocycles. The first-order valence-electron chi connectivity index (χ1n) is 7.71. The van der Waals surface area contributed by atoms with Gasteiger partial charge in [0.25, 0.3) is 5.91 Å². The highest BCUT2D eigenvalue weighted by molar-refractivity contribution is 7.13. The standard InChI is InChI=1S/C17H14N4O3S/c1-11-16(22)20(17(23)21(11)12-6-3-2-4-7-12)10-14-18-15(19-24-14)13-8-5-9-25-13/h2-9,11H,10H2,1H3/t11-/m1/s1. The van der Waals surface area contributed by atoms with Crippen LogP contribution in [0.25, 0.3) is 10.7 Å². The van der Waals surface area contributed by atoms with Gasteiger partial charge in [-0.3, -0.25) is 14.6 Å². The molecule has 0 N–H and O–H groups in total. The summed E-state index contributed by atoms with van der Waals surface area (Å²) in [5.74, 6) is 0.397. The zero-order valence-electron chi connectivity index (χ0n) is 13.3. The predicted octanol–water partition coefficient (Wildman–Crippen LogP) is 3.16. The molecule has 0 radical (unpaired) electrons. The van der Waals surface area contributed by atoms with E-state index in [1.54, 1.807) is 19.1 Å². The molecule has 0 unspecified atom stereocenters. The van der Waals surface area contributed by atoms with Gasteiger partial charge in [0.2, 0.25) is 11.7 Å². The van der Waals surface area contributed by atoms with Crippen LogP contribution in [0.2, 0.25) is 0 Å². The number of carbonyl (C=O) groups is 2. The molecule has 1 aromatic carbocycles. The van der Waals surface area contributed by atoms with Crippen molar-refractivity contribution in [1.29, 1.82) is 0 Å². The van der Waals surface area contributed by atoms with E-state index in [1.807, 2.05) is 35.7 Å². The van der Waals surface area contributed by atoms with Gasteiger partial charge in [-0.2, -0.15) is 4.98 Å². The van der Waals surface area contributed by atoms with Crippen LogP contribution in [0.5, 0.6) is 0 Å². The lowest BCUT2D eigenvalue weighted by atomic mass is 10.2. The van der Waals surface area contributed by atoms with Gasteiger partial charge in [-0.25, -0.2) is 4.79 Å². The van der Waals surface area contributed by atoms with Gasteiger partial charge in [0.05, 0.1) is 4.88 Å². The van der Waals surface area contributed by atoms with Crippen LogP contribution in [0, 0.1) is 0 Å². The summed E-state index contributed by atoms with van der Waals surface area (Å²) in [4.78, 5) is 33.0. The van der Waals surface area contributed by atoms with Gasteiger partial charge in [0.1, 0.15) is 12.6 Å². The Kier molecular flexibility index (Phi) is 3.81. The molecule has 1 aliphatic rings. The van der Waals surface area contributed by atoms with Crippen LogP contribution in [0.1, 0.15) is 12.8 Å². The third-order valence-corrected chi connectivity index (χ3v) is 4.85. The Morgan fingerprint density at radius 2 is 1.96 bits per heavy atom. The number of benzene rings is 1. The highest BCUT2D eigenvalue weighted by Gasteiger charge is 2.43. The number of rotatable bonds is 4. The first-order chi connectivity index (χ1) is 12.1. The van der Waals surface area contributed by atoms with Crippen LogP contribution in [0.3, 0.4) is 0 Å². The molecular formula is C17H14N4O3S. The molecule has 1 aliphatic heterocycles. The van der Waals surface area contributed by atoms with E-state index in [0.717, 1.165) is 9.78 Å². The summed E-state index contributed by atoms with van der Waals surface area (Å²) in [5, 5.41) is 5.82. The maximum Gasteiger partial charge on any atom is 0.332 e. The Labute approximate surface area is 147 Å². The molecule has 25 heavy (non-hydrogen) atoms. The number of hydrogen-bond donors (Lipinski definition) is 0. The van der Waals surface area contributed by atoms with Crippen molar-refractivity contribution in [3.05, 3.63) is 53.7 Å². The number of thiophene rings is 1. The number of anilines is 1. The van der Waals surface area contributed by atoms with E-state index >= 15 is 0 Å². The van der Waals surface area contributed by atoms with Crippen LogP contribution in [-0.2, 0) is 11.3 Å². The van der Waals surface area contributed by atoms with Crippen molar-refractivity contribution in [1.82, 2.24) is 15.0 Å². The van der Waals surface area contributed by atoms with Crippen LogP contribution in [0.15, 0.2) is 52.4 Å². The van der Waals surface area contributed by atoms with Crippen molar-refractivity contribution in [2.45, 2.75) is 19.5 Å². The van der Waals surface area contributed by atoms with Crippen LogP contribution >= 0.6 is 11.3 Å². The molecule has 3 aromatic rings. The number of imide groups is 1. The SMILES string of the molecule is C[C@@H]1C(=O)N(Cc2nc(-c3cccs3)no2)C(=O)N1c1ccccc1. The lowest BCUT2D eigenvalue weighted by Crippen LogP contribution is -2.33. The molecule has 3 amide bonds. The molecule has 0 spiro atoms. The largest absolute Gasteiger partial charge is 0.337 e. The summed E-state index contributed by atoms with van der Waals surface area (Å²) in [6.07, 6.45) is 0. The van der Waals surface area contributed by atoms with E-state index in [9.17, 15) is 9.59 Å². The van der Waals surface area contributed by atoms with E-state index in [4.69, 9.17) is 4.52 Å². The minimum atomic E-state index is -0.574. The second kappa shape index (κ2) is 6.14. The lowest BCUT2D eigenvalue weighted by molar-refractivity contribution is -0.127. The summed E-state index contributed by atoms with van der Waals surface area (Å²) in [7, 11) is 0. The molecule has 0 saturated carbocycles. The third-order valence-electron chi connectivity index (χ3n) is 3.99. The van der Waals surface area contributed by atoms with Crippen molar-refractivity contribution < 1.29 is 14.1 Å². The fourth-order valence-corrected chi connectivity index (χ4v) is 3.40. The minimum Gasteiger partial charge on any atom is -0.337 e. The Balaban J connectivity index is 1.57.